The Kier molecular flexibility index (Phi) is 4.28. The Bertz CT molecular complexity index is 448. The standard InChI is InChI=1S/C11H20NO7P/c1-12(2)19-10-7-3-4-9(20(15,16)17)18-11(7,10)8(14)5-6-13/h4,7-8,10,13-14H,3,5-6H2,1-2H3,(H2,15,16,17). The van der Waals surface area contributed by atoms with Gasteiger partial charge in [0.2, 0.25) is 5.50 Å². The molecule has 8 nitrogen and oxygen atoms in total. The van der Waals surface area contributed by atoms with Crippen LogP contribution in [-0.2, 0) is 14.1 Å². The molecule has 2 aliphatic rings. The lowest BCUT2D eigenvalue weighted by molar-refractivity contribution is -0.167. The number of hydroxylamine groups is 2. The molecule has 1 fully saturated rings. The number of ether oxygens (including phenoxy) is 1. The summed E-state index contributed by atoms with van der Waals surface area (Å²) in [5.41, 5.74) is -1.63. The van der Waals surface area contributed by atoms with Crippen molar-refractivity contribution in [1.29, 1.82) is 0 Å². The predicted molar refractivity (Wildman–Crippen MR) is 68.3 cm³/mol. The second-order valence-electron chi connectivity index (χ2n) is 5.25. The molecule has 1 saturated carbocycles. The number of aliphatic hydroxyl groups excluding tert-OH is 2. The summed E-state index contributed by atoms with van der Waals surface area (Å²) in [5, 5.41) is 20.6. The van der Waals surface area contributed by atoms with Crippen molar-refractivity contribution in [3.8, 4) is 0 Å². The first-order valence-electron chi connectivity index (χ1n) is 6.31. The van der Waals surface area contributed by atoms with E-state index in [1.165, 1.54) is 11.1 Å². The molecule has 0 aromatic heterocycles. The largest absolute Gasteiger partial charge is 0.473 e. The highest BCUT2D eigenvalue weighted by Crippen LogP contribution is 2.62. The minimum absolute atomic E-state index is 0.0538. The van der Waals surface area contributed by atoms with Crippen molar-refractivity contribution in [3.63, 3.8) is 0 Å². The molecule has 4 atom stereocenters. The zero-order chi connectivity index (χ0) is 15.1. The third-order valence-corrected chi connectivity index (χ3v) is 4.49. The second kappa shape index (κ2) is 5.38. The number of rotatable bonds is 6. The van der Waals surface area contributed by atoms with Crippen LogP contribution in [0.4, 0.5) is 0 Å². The molecule has 9 heteroatoms. The van der Waals surface area contributed by atoms with Gasteiger partial charge in [-0.25, -0.2) is 0 Å². The molecule has 1 aliphatic heterocycles. The van der Waals surface area contributed by atoms with Crippen LogP contribution in [0.15, 0.2) is 11.6 Å². The van der Waals surface area contributed by atoms with Gasteiger partial charge in [0.1, 0.15) is 6.10 Å². The van der Waals surface area contributed by atoms with E-state index in [9.17, 15) is 19.5 Å². The van der Waals surface area contributed by atoms with Gasteiger partial charge in [0.05, 0.1) is 6.10 Å². The van der Waals surface area contributed by atoms with Crippen LogP contribution >= 0.6 is 7.60 Å². The molecule has 2 rings (SSSR count). The molecule has 20 heavy (non-hydrogen) atoms. The molecule has 4 N–H and O–H groups in total. The molecule has 0 aromatic rings. The van der Waals surface area contributed by atoms with Gasteiger partial charge in [-0.1, -0.05) is 0 Å². The summed E-state index contributed by atoms with van der Waals surface area (Å²) in [6.45, 7) is -0.247. The number of hydrogen-bond acceptors (Lipinski definition) is 6. The molecule has 0 bridgehead atoms. The van der Waals surface area contributed by atoms with E-state index in [1.54, 1.807) is 14.1 Å². The van der Waals surface area contributed by atoms with E-state index in [-0.39, 0.29) is 18.9 Å². The highest BCUT2D eigenvalue weighted by Gasteiger charge is 2.74. The Morgan fingerprint density at radius 3 is 2.75 bits per heavy atom. The summed E-state index contributed by atoms with van der Waals surface area (Å²) in [7, 11) is -1.17. The van der Waals surface area contributed by atoms with Crippen LogP contribution < -0.4 is 0 Å². The summed E-state index contributed by atoms with van der Waals surface area (Å²) < 4.78 is 16.7. The van der Waals surface area contributed by atoms with E-state index in [0.29, 0.717) is 6.42 Å². The Hall–Kier alpha value is -0.470. The lowest BCUT2D eigenvalue weighted by atomic mass is 10.0. The predicted octanol–water partition coefficient (Wildman–Crippen LogP) is -0.601. The Morgan fingerprint density at radius 2 is 2.25 bits per heavy atom. The minimum atomic E-state index is -4.52. The third kappa shape index (κ3) is 2.65. The van der Waals surface area contributed by atoms with Gasteiger partial charge < -0.3 is 24.7 Å². The third-order valence-electron chi connectivity index (χ3n) is 3.64. The number of hydrogen-bond donors (Lipinski definition) is 4. The summed E-state index contributed by atoms with van der Waals surface area (Å²) in [6, 6.07) is 0. The fraction of sp³-hybridized carbons (Fsp3) is 0.818. The molecule has 116 valence electrons. The van der Waals surface area contributed by atoms with Gasteiger partial charge in [0.15, 0.2) is 5.60 Å². The lowest BCUT2D eigenvalue weighted by Gasteiger charge is -2.29. The zero-order valence-electron chi connectivity index (χ0n) is 11.3. The van der Waals surface area contributed by atoms with E-state index in [1.807, 2.05) is 0 Å². The Balaban J connectivity index is 2.22. The molecule has 0 saturated heterocycles. The average Bonchev–Trinajstić information content (AvgIpc) is 2.96. The summed E-state index contributed by atoms with van der Waals surface area (Å²) >= 11 is 0. The van der Waals surface area contributed by atoms with Gasteiger partial charge in [-0.3, -0.25) is 9.40 Å². The van der Waals surface area contributed by atoms with Gasteiger partial charge in [-0.15, -0.1) is 0 Å². The monoisotopic (exact) mass is 309 g/mol. The number of aliphatic hydroxyl groups is 2. The molecule has 0 radical (unpaired) electrons. The number of nitrogens with zero attached hydrogens (tertiary/aromatic N) is 1. The van der Waals surface area contributed by atoms with Crippen molar-refractivity contribution in [3.05, 3.63) is 11.6 Å². The molecule has 4 unspecified atom stereocenters. The van der Waals surface area contributed by atoms with Crippen molar-refractivity contribution in [2.75, 3.05) is 20.7 Å². The second-order valence-corrected chi connectivity index (χ2v) is 6.78. The molecule has 0 amide bonds. The fourth-order valence-corrected chi connectivity index (χ4v) is 3.35. The van der Waals surface area contributed by atoms with Crippen LogP contribution in [0.2, 0.25) is 0 Å². The first kappa shape index (κ1) is 15.9. The minimum Gasteiger partial charge on any atom is -0.473 e. The Labute approximate surface area is 116 Å². The molecule has 1 heterocycles. The SMILES string of the molecule is CN(C)OC1C2CC=C(P(=O)(O)O)OC21C(O)CCO. The summed E-state index contributed by atoms with van der Waals surface area (Å²) in [4.78, 5) is 23.9. The van der Waals surface area contributed by atoms with Crippen LogP contribution in [-0.4, -0.2) is 63.6 Å². The van der Waals surface area contributed by atoms with E-state index in [4.69, 9.17) is 14.7 Å². The summed E-state index contributed by atoms with van der Waals surface area (Å²) in [6.07, 6.45) is 0.186. The van der Waals surface area contributed by atoms with Gasteiger partial charge >= 0.3 is 7.60 Å². The van der Waals surface area contributed by atoms with Gasteiger partial charge in [0, 0.05) is 33.0 Å². The van der Waals surface area contributed by atoms with E-state index in [2.05, 4.69) is 0 Å². The molecular formula is C11H20NO7P. The Morgan fingerprint density at radius 1 is 1.60 bits per heavy atom. The number of fused-ring (bicyclic) bond motifs is 1. The van der Waals surface area contributed by atoms with Gasteiger partial charge in [-0.2, -0.15) is 5.06 Å². The first-order valence-corrected chi connectivity index (χ1v) is 7.93. The highest BCUT2D eigenvalue weighted by atomic mass is 31.2. The van der Waals surface area contributed by atoms with Crippen molar-refractivity contribution in [1.82, 2.24) is 5.06 Å². The maximum absolute atomic E-state index is 11.3. The lowest BCUT2D eigenvalue weighted by Crippen LogP contribution is -2.39. The maximum atomic E-state index is 11.3. The van der Waals surface area contributed by atoms with Crippen LogP contribution in [0.25, 0.3) is 0 Å². The summed E-state index contributed by atoms with van der Waals surface area (Å²) in [5.74, 6) is -0.193. The highest BCUT2D eigenvalue weighted by molar-refractivity contribution is 7.56. The average molecular weight is 309 g/mol. The van der Waals surface area contributed by atoms with Crippen molar-refractivity contribution >= 4 is 7.60 Å². The number of allylic oxidation sites excluding steroid dienone is 1. The van der Waals surface area contributed by atoms with Gasteiger partial charge in [0.25, 0.3) is 0 Å². The quantitative estimate of drug-likeness (QED) is 0.379. The van der Waals surface area contributed by atoms with E-state index >= 15 is 0 Å². The van der Waals surface area contributed by atoms with Gasteiger partial charge in [-0.05, 0) is 12.5 Å². The molecule has 1 aliphatic carbocycles. The molecule has 0 aromatic carbocycles. The van der Waals surface area contributed by atoms with Crippen LogP contribution in [0.1, 0.15) is 12.8 Å². The first-order chi connectivity index (χ1) is 9.23. The molecule has 0 spiro atoms. The van der Waals surface area contributed by atoms with Crippen LogP contribution in [0.5, 0.6) is 0 Å². The fourth-order valence-electron chi connectivity index (χ4n) is 2.73. The van der Waals surface area contributed by atoms with Crippen LogP contribution in [0, 0.1) is 5.92 Å². The van der Waals surface area contributed by atoms with E-state index < -0.39 is 30.9 Å². The van der Waals surface area contributed by atoms with Crippen LogP contribution in [0.3, 0.4) is 0 Å². The molecular weight excluding hydrogens is 289 g/mol. The topological polar surface area (TPSA) is 120 Å². The van der Waals surface area contributed by atoms with E-state index in [0.717, 1.165) is 0 Å². The van der Waals surface area contributed by atoms with Crippen molar-refractivity contribution in [2.45, 2.75) is 30.7 Å². The zero-order valence-corrected chi connectivity index (χ0v) is 12.2. The maximum Gasteiger partial charge on any atom is 0.390 e. The normalized spacial score (nSPS) is 34.2. The van der Waals surface area contributed by atoms with Crippen molar-refractivity contribution in [2.24, 2.45) is 5.92 Å². The van der Waals surface area contributed by atoms with Crippen molar-refractivity contribution < 1.29 is 34.1 Å². The smallest absolute Gasteiger partial charge is 0.390 e.